The number of benzene rings is 1. The fourth-order valence-corrected chi connectivity index (χ4v) is 5.33. The maximum atomic E-state index is 13.6. The minimum atomic E-state index is -0.358. The lowest BCUT2D eigenvalue weighted by Gasteiger charge is -2.33. The number of anilines is 1. The lowest BCUT2D eigenvalue weighted by molar-refractivity contribution is -0.117. The van der Waals surface area contributed by atoms with Crippen LogP contribution < -0.4 is 10.6 Å². The van der Waals surface area contributed by atoms with E-state index in [1.165, 1.54) is 12.1 Å². The van der Waals surface area contributed by atoms with Gasteiger partial charge in [-0.15, -0.1) is 0 Å². The molecule has 1 aromatic carbocycles. The number of carbonyl (C=O) groups excluding carboxylic acids is 2. The number of amides is 1. The SMILES string of the molecule is CC1CC(=O)C2=C(C1)Nc1[nH]cc(C(=O)NCC3CC3)c1C2/C=C/c1ccc(-c2cccc(F)c2)cn1. The number of pyridine rings is 1. The van der Waals surface area contributed by atoms with Gasteiger partial charge in [-0.1, -0.05) is 31.2 Å². The van der Waals surface area contributed by atoms with Crippen LogP contribution in [0.5, 0.6) is 0 Å². The van der Waals surface area contributed by atoms with Crippen LogP contribution in [0, 0.1) is 17.7 Å². The van der Waals surface area contributed by atoms with Gasteiger partial charge in [-0.25, -0.2) is 4.39 Å². The topological polar surface area (TPSA) is 86.9 Å². The molecule has 2 atom stereocenters. The number of aromatic nitrogens is 2. The third-order valence-corrected chi connectivity index (χ3v) is 7.43. The van der Waals surface area contributed by atoms with Gasteiger partial charge in [-0.2, -0.15) is 0 Å². The maximum Gasteiger partial charge on any atom is 0.253 e. The summed E-state index contributed by atoms with van der Waals surface area (Å²) >= 11 is 0. The first-order valence-corrected chi connectivity index (χ1v) is 12.9. The number of hydrogen-bond donors (Lipinski definition) is 3. The van der Waals surface area contributed by atoms with Crippen molar-refractivity contribution in [2.24, 2.45) is 11.8 Å². The molecule has 3 heterocycles. The van der Waals surface area contributed by atoms with E-state index >= 15 is 0 Å². The van der Waals surface area contributed by atoms with Crippen LogP contribution in [0.15, 0.2) is 66.1 Å². The third-order valence-electron chi connectivity index (χ3n) is 7.43. The first-order valence-electron chi connectivity index (χ1n) is 12.9. The molecule has 6 rings (SSSR count). The van der Waals surface area contributed by atoms with Gasteiger partial charge in [0.2, 0.25) is 0 Å². The molecule has 6 nitrogen and oxygen atoms in total. The van der Waals surface area contributed by atoms with Crippen molar-refractivity contribution >= 4 is 23.6 Å². The molecule has 7 heteroatoms. The molecule has 2 aliphatic carbocycles. The highest BCUT2D eigenvalue weighted by Crippen LogP contribution is 2.45. The van der Waals surface area contributed by atoms with E-state index in [0.717, 1.165) is 53.0 Å². The summed E-state index contributed by atoms with van der Waals surface area (Å²) in [6.07, 6.45) is 10.9. The molecule has 2 unspecified atom stereocenters. The number of hydrogen-bond acceptors (Lipinski definition) is 4. The van der Waals surface area contributed by atoms with E-state index in [9.17, 15) is 14.0 Å². The van der Waals surface area contributed by atoms with Crippen molar-refractivity contribution in [2.75, 3.05) is 11.9 Å². The van der Waals surface area contributed by atoms with Gasteiger partial charge in [-0.3, -0.25) is 14.6 Å². The predicted octanol–water partition coefficient (Wildman–Crippen LogP) is 5.83. The Kier molecular flexibility index (Phi) is 5.99. The van der Waals surface area contributed by atoms with Crippen LogP contribution in [0.25, 0.3) is 17.2 Å². The van der Waals surface area contributed by atoms with Crippen LogP contribution in [-0.2, 0) is 4.79 Å². The van der Waals surface area contributed by atoms with Crippen LogP contribution >= 0.6 is 0 Å². The lowest BCUT2D eigenvalue weighted by Crippen LogP contribution is -2.30. The number of halogens is 1. The number of carbonyl (C=O) groups is 2. The van der Waals surface area contributed by atoms with Crippen molar-refractivity contribution in [1.29, 1.82) is 0 Å². The van der Waals surface area contributed by atoms with Crippen LogP contribution in [0.3, 0.4) is 0 Å². The van der Waals surface area contributed by atoms with E-state index < -0.39 is 0 Å². The molecule has 0 saturated heterocycles. The molecule has 0 radical (unpaired) electrons. The van der Waals surface area contributed by atoms with Crippen molar-refractivity contribution in [3.63, 3.8) is 0 Å². The molecule has 1 fully saturated rings. The monoisotopic (exact) mass is 496 g/mol. The molecule has 37 heavy (non-hydrogen) atoms. The van der Waals surface area contributed by atoms with Crippen LogP contribution in [0.4, 0.5) is 10.2 Å². The molecule has 1 aliphatic heterocycles. The number of rotatable bonds is 6. The molecule has 1 amide bonds. The standard InChI is InChI=1S/C30H29FN4O2/c1-17-11-25-28(26(36)12-17)23(27-24(16-33-29(27)35-25)30(37)34-14-18-5-6-18)10-9-22-8-7-20(15-32-22)19-3-2-4-21(31)13-19/h2-4,7-10,13,15-18,23,33,35H,5-6,11-12,14H2,1H3,(H,34,37)/b10-9+. The first kappa shape index (κ1) is 23.4. The van der Waals surface area contributed by atoms with Crippen LogP contribution in [0.1, 0.15) is 60.1 Å². The molecule has 188 valence electrons. The number of allylic oxidation sites excluding steroid dienone is 3. The molecule has 3 aliphatic rings. The van der Waals surface area contributed by atoms with Crippen LogP contribution in [0.2, 0.25) is 0 Å². The summed E-state index contributed by atoms with van der Waals surface area (Å²) in [4.78, 5) is 34.1. The number of H-pyrrole nitrogens is 1. The Morgan fingerprint density at radius 1 is 1.19 bits per heavy atom. The van der Waals surface area contributed by atoms with Crippen LogP contribution in [-0.4, -0.2) is 28.2 Å². The van der Waals surface area contributed by atoms with Crippen molar-refractivity contribution < 1.29 is 14.0 Å². The molecular formula is C30H29FN4O2. The van der Waals surface area contributed by atoms with E-state index in [0.29, 0.717) is 30.1 Å². The fourth-order valence-electron chi connectivity index (χ4n) is 5.33. The van der Waals surface area contributed by atoms with Crippen molar-refractivity contribution in [1.82, 2.24) is 15.3 Å². The summed E-state index contributed by atoms with van der Waals surface area (Å²) in [6, 6.07) is 10.2. The Balaban J connectivity index is 1.33. The maximum absolute atomic E-state index is 13.6. The van der Waals surface area contributed by atoms with Gasteiger partial charge in [-0.05, 0) is 60.9 Å². The molecule has 3 aromatic rings. The van der Waals surface area contributed by atoms with Gasteiger partial charge in [0, 0.05) is 53.7 Å². The molecule has 0 bridgehead atoms. The number of nitrogens with one attached hydrogen (secondary N) is 3. The summed E-state index contributed by atoms with van der Waals surface area (Å²) in [5, 5.41) is 6.47. The Bertz CT molecular complexity index is 1430. The summed E-state index contributed by atoms with van der Waals surface area (Å²) < 4.78 is 13.6. The molecule has 2 aromatic heterocycles. The van der Waals surface area contributed by atoms with E-state index in [1.54, 1.807) is 18.5 Å². The van der Waals surface area contributed by atoms with Gasteiger partial charge >= 0.3 is 0 Å². The highest BCUT2D eigenvalue weighted by Gasteiger charge is 2.38. The minimum absolute atomic E-state index is 0.112. The number of ketones is 1. The Morgan fingerprint density at radius 2 is 2.05 bits per heavy atom. The smallest absolute Gasteiger partial charge is 0.253 e. The quantitative estimate of drug-likeness (QED) is 0.401. The van der Waals surface area contributed by atoms with Crippen molar-refractivity contribution in [3.05, 3.63) is 88.8 Å². The molecule has 3 N–H and O–H groups in total. The zero-order valence-corrected chi connectivity index (χ0v) is 20.7. The normalized spacial score (nSPS) is 21.0. The van der Waals surface area contributed by atoms with Gasteiger partial charge in [0.15, 0.2) is 5.78 Å². The molecular weight excluding hydrogens is 467 g/mol. The Labute approximate surface area is 215 Å². The number of Topliss-reactive ketones (excluding diaryl/α,β-unsaturated/α-hetero) is 1. The summed E-state index contributed by atoms with van der Waals surface area (Å²) in [6.45, 7) is 2.76. The van der Waals surface area contributed by atoms with Crippen molar-refractivity contribution in [2.45, 2.75) is 38.5 Å². The minimum Gasteiger partial charge on any atom is -0.352 e. The van der Waals surface area contributed by atoms with E-state index in [1.807, 2.05) is 30.4 Å². The Hall–Kier alpha value is -4.00. The molecule has 1 saturated carbocycles. The highest BCUT2D eigenvalue weighted by atomic mass is 19.1. The average Bonchev–Trinajstić information content (AvgIpc) is 3.62. The van der Waals surface area contributed by atoms with Gasteiger partial charge < -0.3 is 15.6 Å². The predicted molar refractivity (Wildman–Crippen MR) is 141 cm³/mol. The van der Waals surface area contributed by atoms with E-state index in [4.69, 9.17) is 0 Å². The zero-order valence-electron chi connectivity index (χ0n) is 20.7. The van der Waals surface area contributed by atoms with Gasteiger partial charge in [0.25, 0.3) is 5.91 Å². The van der Waals surface area contributed by atoms with Gasteiger partial charge in [0.05, 0.1) is 11.3 Å². The second-order valence-corrected chi connectivity index (χ2v) is 10.4. The lowest BCUT2D eigenvalue weighted by atomic mass is 9.76. The second kappa shape index (κ2) is 9.47. The molecule has 0 spiro atoms. The average molecular weight is 497 g/mol. The fraction of sp³-hybridized carbons (Fsp3) is 0.300. The highest BCUT2D eigenvalue weighted by molar-refractivity contribution is 6.04. The largest absolute Gasteiger partial charge is 0.352 e. The number of aromatic amines is 1. The van der Waals surface area contributed by atoms with E-state index in [2.05, 4.69) is 27.5 Å². The van der Waals surface area contributed by atoms with Crippen molar-refractivity contribution in [3.8, 4) is 11.1 Å². The number of nitrogens with zero attached hydrogens (tertiary/aromatic N) is 1. The van der Waals surface area contributed by atoms with Gasteiger partial charge in [0.1, 0.15) is 11.6 Å². The summed E-state index contributed by atoms with van der Waals surface area (Å²) in [7, 11) is 0. The second-order valence-electron chi connectivity index (χ2n) is 10.4. The van der Waals surface area contributed by atoms with E-state index in [-0.39, 0.29) is 29.3 Å². The summed E-state index contributed by atoms with van der Waals surface area (Å²) in [5.41, 5.74) is 5.31. The first-order chi connectivity index (χ1) is 18.0. The third kappa shape index (κ3) is 4.73. The summed E-state index contributed by atoms with van der Waals surface area (Å²) in [5.74, 6) is 0.944. The zero-order chi connectivity index (χ0) is 25.5. The number of fused-ring (bicyclic) bond motifs is 1. The Morgan fingerprint density at radius 3 is 2.81 bits per heavy atom.